The molecule has 0 aliphatic rings. The van der Waals surface area contributed by atoms with E-state index in [1.807, 2.05) is 0 Å². The highest BCUT2D eigenvalue weighted by molar-refractivity contribution is 9.10. The summed E-state index contributed by atoms with van der Waals surface area (Å²) in [6, 6.07) is 9.65. The summed E-state index contributed by atoms with van der Waals surface area (Å²) in [5, 5.41) is -0.162. The number of carbonyl (C=O) groups is 1. The predicted molar refractivity (Wildman–Crippen MR) is 101 cm³/mol. The molecule has 0 aliphatic heterocycles. The van der Waals surface area contributed by atoms with Crippen LogP contribution in [0.4, 0.5) is 18.0 Å². The molecule has 0 bridgehead atoms. The van der Waals surface area contributed by atoms with E-state index < -0.39 is 34.8 Å². The van der Waals surface area contributed by atoms with Crippen molar-refractivity contribution in [2.75, 3.05) is 14.1 Å². The van der Waals surface area contributed by atoms with Crippen LogP contribution >= 0.6 is 15.9 Å². The van der Waals surface area contributed by atoms with Crippen molar-refractivity contribution in [2.24, 2.45) is 0 Å². The number of rotatable bonds is 3. The van der Waals surface area contributed by atoms with Gasteiger partial charge in [-0.3, -0.25) is 4.79 Å². The maximum Gasteiger partial charge on any atom is 0.453 e. The lowest BCUT2D eigenvalue weighted by atomic mass is 10.2. The first-order valence-electron chi connectivity index (χ1n) is 8.07. The molecule has 0 aliphatic carbocycles. The van der Waals surface area contributed by atoms with E-state index in [0.717, 1.165) is 11.0 Å². The second-order valence-electron chi connectivity index (χ2n) is 6.04. The zero-order valence-corrected chi connectivity index (χ0v) is 16.6. The van der Waals surface area contributed by atoms with Gasteiger partial charge in [0.25, 0.3) is 5.76 Å². The normalized spacial score (nSPS) is 11.4. The molecule has 1 heterocycles. The summed E-state index contributed by atoms with van der Waals surface area (Å²) >= 11 is 3.16. The standard InChI is InChI=1S/C19H13BrF3NO5/c1-24(2)18(26)27-10-7-8-11-14(9-10)29-17(19(21,22)23)16(15(11)25)28-13-6-4-3-5-12(13)20/h3-9H,1-2H3. The van der Waals surface area contributed by atoms with E-state index in [1.54, 1.807) is 18.2 Å². The van der Waals surface area contributed by atoms with E-state index in [-0.39, 0.29) is 16.9 Å². The zero-order valence-electron chi connectivity index (χ0n) is 15.0. The Labute approximate surface area is 170 Å². The number of para-hydroxylation sites is 1. The number of fused-ring (bicyclic) bond motifs is 1. The van der Waals surface area contributed by atoms with Gasteiger partial charge in [0.15, 0.2) is 0 Å². The van der Waals surface area contributed by atoms with Crippen molar-refractivity contribution in [3.8, 4) is 17.2 Å². The van der Waals surface area contributed by atoms with Crippen molar-refractivity contribution in [1.29, 1.82) is 0 Å². The number of hydrogen-bond donors (Lipinski definition) is 0. The van der Waals surface area contributed by atoms with Crippen LogP contribution in [-0.2, 0) is 6.18 Å². The Balaban J connectivity index is 2.16. The van der Waals surface area contributed by atoms with Crippen molar-refractivity contribution in [3.05, 3.63) is 62.9 Å². The molecular formula is C19H13BrF3NO5. The van der Waals surface area contributed by atoms with Gasteiger partial charge >= 0.3 is 12.3 Å². The summed E-state index contributed by atoms with van der Waals surface area (Å²) in [4.78, 5) is 25.5. The number of benzene rings is 2. The Morgan fingerprint density at radius 3 is 2.45 bits per heavy atom. The summed E-state index contributed by atoms with van der Waals surface area (Å²) in [5.74, 6) is -2.65. The molecule has 0 saturated carbocycles. The first-order valence-corrected chi connectivity index (χ1v) is 8.87. The van der Waals surface area contributed by atoms with Gasteiger partial charge in [0, 0.05) is 20.2 Å². The number of alkyl halides is 3. The molecule has 3 aromatic rings. The molecule has 29 heavy (non-hydrogen) atoms. The first kappa shape index (κ1) is 20.7. The SMILES string of the molecule is CN(C)C(=O)Oc1ccc2c(=O)c(Oc3ccccc3Br)c(C(F)(F)F)oc2c1. The van der Waals surface area contributed by atoms with Crippen LogP contribution in [0.1, 0.15) is 5.76 Å². The molecule has 10 heteroatoms. The Morgan fingerprint density at radius 2 is 1.83 bits per heavy atom. The van der Waals surface area contributed by atoms with Crippen LogP contribution in [0.2, 0.25) is 0 Å². The lowest BCUT2D eigenvalue weighted by Crippen LogP contribution is -2.25. The van der Waals surface area contributed by atoms with Crippen molar-refractivity contribution in [3.63, 3.8) is 0 Å². The van der Waals surface area contributed by atoms with E-state index >= 15 is 0 Å². The third-order valence-electron chi connectivity index (χ3n) is 3.70. The predicted octanol–water partition coefficient (Wildman–Crippen LogP) is 5.43. The van der Waals surface area contributed by atoms with E-state index in [1.165, 1.54) is 32.3 Å². The average molecular weight is 472 g/mol. The van der Waals surface area contributed by atoms with Crippen LogP contribution in [0.15, 0.2) is 56.1 Å². The van der Waals surface area contributed by atoms with E-state index in [4.69, 9.17) is 13.9 Å². The molecule has 2 aromatic carbocycles. The number of halogens is 4. The minimum absolute atomic E-state index is 0.0150. The quantitative estimate of drug-likeness (QED) is 0.509. The zero-order chi connectivity index (χ0) is 21.3. The van der Waals surface area contributed by atoms with Gasteiger partial charge in [0.05, 0.1) is 9.86 Å². The lowest BCUT2D eigenvalue weighted by molar-refractivity contribution is -0.154. The number of hydrogen-bond acceptors (Lipinski definition) is 5. The summed E-state index contributed by atoms with van der Waals surface area (Å²) in [6.45, 7) is 0. The van der Waals surface area contributed by atoms with E-state index in [0.29, 0.717) is 4.47 Å². The monoisotopic (exact) mass is 471 g/mol. The van der Waals surface area contributed by atoms with Gasteiger partial charge in [-0.1, -0.05) is 12.1 Å². The van der Waals surface area contributed by atoms with Crippen LogP contribution in [-0.4, -0.2) is 25.1 Å². The molecule has 1 aromatic heterocycles. The summed E-state index contributed by atoms with van der Waals surface area (Å²) in [6.07, 6.45) is -5.74. The third-order valence-corrected chi connectivity index (χ3v) is 4.35. The smallest absolute Gasteiger partial charge is 0.448 e. The topological polar surface area (TPSA) is 69.0 Å². The van der Waals surface area contributed by atoms with Crippen molar-refractivity contribution in [2.45, 2.75) is 6.18 Å². The van der Waals surface area contributed by atoms with Gasteiger partial charge in [-0.05, 0) is 40.2 Å². The highest BCUT2D eigenvalue weighted by Gasteiger charge is 2.40. The maximum atomic E-state index is 13.6. The van der Waals surface area contributed by atoms with Crippen LogP contribution in [0.3, 0.4) is 0 Å². The van der Waals surface area contributed by atoms with Crippen molar-refractivity contribution >= 4 is 33.0 Å². The van der Waals surface area contributed by atoms with Crippen LogP contribution in [0, 0.1) is 0 Å². The second-order valence-corrected chi connectivity index (χ2v) is 6.89. The summed E-state index contributed by atoms with van der Waals surface area (Å²) in [5.41, 5.74) is -1.41. The maximum absolute atomic E-state index is 13.6. The minimum atomic E-state index is -5.00. The fourth-order valence-corrected chi connectivity index (χ4v) is 2.69. The molecule has 0 atom stereocenters. The molecule has 0 unspecified atom stereocenters. The fraction of sp³-hybridized carbons (Fsp3) is 0.158. The minimum Gasteiger partial charge on any atom is -0.448 e. The van der Waals surface area contributed by atoms with Gasteiger partial charge in [-0.25, -0.2) is 4.79 Å². The molecule has 6 nitrogen and oxygen atoms in total. The Morgan fingerprint density at radius 1 is 1.14 bits per heavy atom. The highest BCUT2D eigenvalue weighted by Crippen LogP contribution is 2.39. The highest BCUT2D eigenvalue weighted by atomic mass is 79.9. The van der Waals surface area contributed by atoms with Crippen molar-refractivity contribution < 1.29 is 31.9 Å². The fourth-order valence-electron chi connectivity index (χ4n) is 2.33. The number of ether oxygens (including phenoxy) is 2. The van der Waals surface area contributed by atoms with E-state index in [2.05, 4.69) is 15.9 Å². The summed E-state index contributed by atoms with van der Waals surface area (Å²) < 4.78 is 56.3. The molecule has 3 rings (SSSR count). The van der Waals surface area contributed by atoms with Gasteiger partial charge in [-0.15, -0.1) is 0 Å². The molecule has 0 fully saturated rings. The molecule has 1 amide bonds. The van der Waals surface area contributed by atoms with Gasteiger partial charge in [0.2, 0.25) is 11.2 Å². The molecule has 0 N–H and O–H groups in total. The average Bonchev–Trinajstić information content (AvgIpc) is 2.64. The van der Waals surface area contributed by atoms with E-state index in [9.17, 15) is 22.8 Å². The molecule has 0 saturated heterocycles. The largest absolute Gasteiger partial charge is 0.453 e. The number of carbonyl (C=O) groups excluding carboxylic acids is 1. The molecule has 0 radical (unpaired) electrons. The molecule has 152 valence electrons. The van der Waals surface area contributed by atoms with Gasteiger partial charge < -0.3 is 18.8 Å². The Bertz CT molecular complexity index is 1140. The molecular weight excluding hydrogens is 459 g/mol. The Kier molecular flexibility index (Phi) is 5.56. The molecule has 0 spiro atoms. The van der Waals surface area contributed by atoms with Gasteiger partial charge in [-0.2, -0.15) is 13.2 Å². The Hall–Kier alpha value is -3.01. The third kappa shape index (κ3) is 4.37. The van der Waals surface area contributed by atoms with Crippen LogP contribution in [0.5, 0.6) is 17.2 Å². The lowest BCUT2D eigenvalue weighted by Gasteiger charge is -2.14. The van der Waals surface area contributed by atoms with Gasteiger partial charge in [0.1, 0.15) is 17.1 Å². The summed E-state index contributed by atoms with van der Waals surface area (Å²) in [7, 11) is 2.88. The van der Waals surface area contributed by atoms with Crippen molar-refractivity contribution in [1.82, 2.24) is 4.90 Å². The number of nitrogens with zero attached hydrogens (tertiary/aromatic N) is 1. The number of amides is 1. The second kappa shape index (κ2) is 7.78. The first-order chi connectivity index (χ1) is 13.6. The van der Waals surface area contributed by atoms with Crippen LogP contribution < -0.4 is 14.9 Å². The van der Waals surface area contributed by atoms with Crippen LogP contribution in [0.25, 0.3) is 11.0 Å².